The number of methoxy groups -OCH3 is 1. The minimum Gasteiger partial charge on any atom is -0.493 e. The Bertz CT molecular complexity index is 862. The molecule has 25 heavy (non-hydrogen) atoms. The van der Waals surface area contributed by atoms with Crippen LogP contribution in [0.5, 0.6) is 11.5 Å². The predicted octanol–water partition coefficient (Wildman–Crippen LogP) is 3.06. The molecule has 0 aromatic heterocycles. The van der Waals surface area contributed by atoms with Gasteiger partial charge in [-0.15, -0.1) is 0 Å². The Labute approximate surface area is 149 Å². The number of nitrogens with one attached hydrogen (secondary N) is 1. The average molecular weight is 361 g/mol. The van der Waals surface area contributed by atoms with E-state index in [-0.39, 0.29) is 6.54 Å². The van der Waals surface area contributed by atoms with Gasteiger partial charge in [-0.3, -0.25) is 0 Å². The molecule has 2 aromatic rings. The summed E-state index contributed by atoms with van der Waals surface area (Å²) in [6.07, 6.45) is 3.09. The van der Waals surface area contributed by atoms with Crippen molar-refractivity contribution in [2.75, 3.05) is 13.7 Å². The molecule has 2 aromatic carbocycles. The van der Waals surface area contributed by atoms with Gasteiger partial charge in [0.25, 0.3) is 0 Å². The lowest BCUT2D eigenvalue weighted by atomic mass is 10.1. The number of benzene rings is 2. The fourth-order valence-corrected chi connectivity index (χ4v) is 4.14. The summed E-state index contributed by atoms with van der Waals surface area (Å²) >= 11 is 0. The maximum Gasteiger partial charge on any atom is 0.240 e. The van der Waals surface area contributed by atoms with Gasteiger partial charge in [-0.05, 0) is 67.1 Å². The number of rotatable bonds is 7. The van der Waals surface area contributed by atoms with E-state index in [1.807, 2.05) is 19.1 Å². The molecule has 6 heteroatoms. The van der Waals surface area contributed by atoms with Gasteiger partial charge in [0.1, 0.15) is 0 Å². The van der Waals surface area contributed by atoms with Crippen molar-refractivity contribution in [3.8, 4) is 11.5 Å². The van der Waals surface area contributed by atoms with Crippen LogP contribution in [0, 0.1) is 0 Å². The fourth-order valence-electron chi connectivity index (χ4n) is 3.07. The smallest absolute Gasteiger partial charge is 0.240 e. The molecular weight excluding hydrogens is 338 g/mol. The van der Waals surface area contributed by atoms with Crippen molar-refractivity contribution in [2.24, 2.45) is 0 Å². The Hall–Kier alpha value is -2.05. The van der Waals surface area contributed by atoms with Crippen LogP contribution in [0.15, 0.2) is 41.3 Å². The van der Waals surface area contributed by atoms with Crippen LogP contribution in [0.4, 0.5) is 0 Å². The molecule has 0 heterocycles. The number of aryl methyl sites for hydroxylation is 2. The Morgan fingerprint density at radius 3 is 2.60 bits per heavy atom. The second kappa shape index (κ2) is 7.45. The third-order valence-corrected chi connectivity index (χ3v) is 5.77. The number of fused-ring (bicyclic) bond motifs is 1. The van der Waals surface area contributed by atoms with Crippen molar-refractivity contribution in [2.45, 2.75) is 37.6 Å². The second-order valence-electron chi connectivity index (χ2n) is 6.03. The van der Waals surface area contributed by atoms with E-state index in [2.05, 4.69) is 4.72 Å². The maximum atomic E-state index is 12.6. The van der Waals surface area contributed by atoms with E-state index in [0.717, 1.165) is 30.4 Å². The van der Waals surface area contributed by atoms with E-state index in [4.69, 9.17) is 9.47 Å². The minimum absolute atomic E-state index is 0.197. The van der Waals surface area contributed by atoms with Gasteiger partial charge in [0.05, 0.1) is 18.6 Å². The normalized spacial score (nSPS) is 13.5. The zero-order chi connectivity index (χ0) is 17.9. The topological polar surface area (TPSA) is 64.6 Å². The lowest BCUT2D eigenvalue weighted by Crippen LogP contribution is -2.23. The van der Waals surface area contributed by atoms with E-state index in [1.165, 1.54) is 5.56 Å². The van der Waals surface area contributed by atoms with Crippen molar-refractivity contribution < 1.29 is 17.9 Å². The summed E-state index contributed by atoms with van der Waals surface area (Å²) in [6.45, 7) is 2.64. The summed E-state index contributed by atoms with van der Waals surface area (Å²) in [5.41, 5.74) is 3.21. The molecular formula is C19H23NO4S. The summed E-state index contributed by atoms with van der Waals surface area (Å²) < 4.78 is 38.6. The number of sulfonamides is 1. The molecule has 0 radical (unpaired) electrons. The molecule has 3 rings (SSSR count). The number of hydrogen-bond donors (Lipinski definition) is 1. The molecule has 0 atom stereocenters. The Kier molecular flexibility index (Phi) is 5.30. The van der Waals surface area contributed by atoms with Gasteiger partial charge < -0.3 is 9.47 Å². The standard InChI is InChI=1S/C19H23NO4S/c1-3-24-18-10-7-14(11-19(18)23-2)13-20-25(21,22)17-9-8-15-5-4-6-16(15)12-17/h7-12,20H,3-6,13H2,1-2H3. The maximum absolute atomic E-state index is 12.6. The molecule has 1 aliphatic carbocycles. The molecule has 134 valence electrons. The van der Waals surface area contributed by atoms with Crippen LogP contribution in [0.1, 0.15) is 30.0 Å². The van der Waals surface area contributed by atoms with E-state index < -0.39 is 10.0 Å². The number of ether oxygens (including phenoxy) is 2. The van der Waals surface area contributed by atoms with Gasteiger partial charge in [-0.2, -0.15) is 0 Å². The highest BCUT2D eigenvalue weighted by Crippen LogP contribution is 2.28. The third kappa shape index (κ3) is 3.96. The van der Waals surface area contributed by atoms with Gasteiger partial charge in [0.2, 0.25) is 10.0 Å². The van der Waals surface area contributed by atoms with Crippen molar-refractivity contribution >= 4 is 10.0 Å². The second-order valence-corrected chi connectivity index (χ2v) is 7.79. The summed E-state index contributed by atoms with van der Waals surface area (Å²) in [4.78, 5) is 0.325. The largest absolute Gasteiger partial charge is 0.493 e. The first-order valence-corrected chi connectivity index (χ1v) is 9.93. The molecule has 0 amide bonds. The highest BCUT2D eigenvalue weighted by atomic mass is 32.2. The predicted molar refractivity (Wildman–Crippen MR) is 96.7 cm³/mol. The summed E-state index contributed by atoms with van der Waals surface area (Å²) in [5, 5.41) is 0. The minimum atomic E-state index is -3.54. The van der Waals surface area contributed by atoms with E-state index >= 15 is 0 Å². The third-order valence-electron chi connectivity index (χ3n) is 4.37. The van der Waals surface area contributed by atoms with Crippen LogP contribution >= 0.6 is 0 Å². The summed E-state index contributed by atoms with van der Waals surface area (Å²) in [6, 6.07) is 10.8. The van der Waals surface area contributed by atoms with Crippen molar-refractivity contribution in [3.63, 3.8) is 0 Å². The molecule has 0 fully saturated rings. The van der Waals surface area contributed by atoms with E-state index in [0.29, 0.717) is 23.0 Å². The highest BCUT2D eigenvalue weighted by molar-refractivity contribution is 7.89. The Morgan fingerprint density at radius 1 is 1.04 bits per heavy atom. The van der Waals surface area contributed by atoms with Gasteiger partial charge in [-0.1, -0.05) is 12.1 Å². The Balaban J connectivity index is 1.74. The van der Waals surface area contributed by atoms with Crippen LogP contribution < -0.4 is 14.2 Å². The molecule has 0 spiro atoms. The average Bonchev–Trinajstić information content (AvgIpc) is 3.09. The fraction of sp³-hybridized carbons (Fsp3) is 0.368. The summed E-state index contributed by atoms with van der Waals surface area (Å²) in [7, 11) is -1.98. The monoisotopic (exact) mass is 361 g/mol. The molecule has 1 N–H and O–H groups in total. The van der Waals surface area contributed by atoms with Crippen LogP contribution in [0.25, 0.3) is 0 Å². The molecule has 0 bridgehead atoms. The molecule has 5 nitrogen and oxygen atoms in total. The molecule has 0 saturated carbocycles. The van der Waals surface area contributed by atoms with Crippen molar-refractivity contribution in [1.82, 2.24) is 4.72 Å². The zero-order valence-electron chi connectivity index (χ0n) is 14.5. The lowest BCUT2D eigenvalue weighted by molar-refractivity contribution is 0.310. The first-order valence-electron chi connectivity index (χ1n) is 8.44. The number of hydrogen-bond acceptors (Lipinski definition) is 4. The Morgan fingerprint density at radius 2 is 1.84 bits per heavy atom. The van der Waals surface area contributed by atoms with Crippen LogP contribution in [0.3, 0.4) is 0 Å². The summed E-state index contributed by atoms with van der Waals surface area (Å²) in [5.74, 6) is 1.24. The van der Waals surface area contributed by atoms with Crippen molar-refractivity contribution in [3.05, 3.63) is 53.1 Å². The molecule has 0 unspecified atom stereocenters. The molecule has 0 saturated heterocycles. The van der Waals surface area contributed by atoms with Crippen LogP contribution in [0.2, 0.25) is 0 Å². The van der Waals surface area contributed by atoms with E-state index in [1.54, 1.807) is 31.4 Å². The SMILES string of the molecule is CCOc1ccc(CNS(=O)(=O)c2ccc3c(c2)CCC3)cc1OC. The first kappa shape index (κ1) is 17.8. The lowest BCUT2D eigenvalue weighted by Gasteiger charge is -2.12. The molecule has 0 aliphatic heterocycles. The quantitative estimate of drug-likeness (QED) is 0.823. The van der Waals surface area contributed by atoms with Gasteiger partial charge in [0, 0.05) is 6.54 Å². The van der Waals surface area contributed by atoms with Gasteiger partial charge in [-0.25, -0.2) is 13.1 Å². The van der Waals surface area contributed by atoms with E-state index in [9.17, 15) is 8.42 Å². The van der Waals surface area contributed by atoms with Crippen LogP contribution in [-0.4, -0.2) is 22.1 Å². The first-order chi connectivity index (χ1) is 12.0. The van der Waals surface area contributed by atoms with Gasteiger partial charge >= 0.3 is 0 Å². The van der Waals surface area contributed by atoms with Gasteiger partial charge in [0.15, 0.2) is 11.5 Å². The molecule has 1 aliphatic rings. The highest BCUT2D eigenvalue weighted by Gasteiger charge is 2.18. The van der Waals surface area contributed by atoms with Crippen molar-refractivity contribution in [1.29, 1.82) is 0 Å². The van der Waals surface area contributed by atoms with Crippen LogP contribution in [-0.2, 0) is 29.4 Å². The zero-order valence-corrected chi connectivity index (χ0v) is 15.4.